The fourth-order valence-corrected chi connectivity index (χ4v) is 7.68. The van der Waals surface area contributed by atoms with E-state index in [0.717, 1.165) is 16.5 Å². The molecule has 0 amide bonds. The number of rotatable bonds is 2. The van der Waals surface area contributed by atoms with Crippen LogP contribution in [0.5, 0.6) is 0 Å². The molecule has 4 aromatic rings. The number of allylic oxidation sites excluding steroid dienone is 4. The third-order valence-corrected chi connectivity index (χ3v) is 11.3. The molecular formula is C43H48Cl4Zr-2. The Balaban J connectivity index is 0.000000267. The minimum atomic E-state index is -0.623. The molecule has 0 aromatic heterocycles. The first-order chi connectivity index (χ1) is 21.6. The zero-order valence-electron chi connectivity index (χ0n) is 29.6. The van der Waals surface area contributed by atoms with E-state index in [0.29, 0.717) is 5.92 Å². The number of hydrogen-bond acceptors (Lipinski definition) is 0. The van der Waals surface area contributed by atoms with Crippen LogP contribution >= 0.6 is 48.0 Å². The molecule has 0 nitrogen and oxygen atoms in total. The van der Waals surface area contributed by atoms with Gasteiger partial charge >= 0.3 is 123 Å². The van der Waals surface area contributed by atoms with E-state index in [4.69, 9.17) is 23.2 Å². The molecule has 1 unspecified atom stereocenters. The van der Waals surface area contributed by atoms with Crippen molar-refractivity contribution in [3.63, 3.8) is 0 Å². The zero-order valence-corrected chi connectivity index (χ0v) is 35.2. The first-order valence-electron chi connectivity index (χ1n) is 16.0. The molecule has 6 rings (SSSR count). The van der Waals surface area contributed by atoms with Crippen molar-refractivity contribution in [2.24, 2.45) is 5.92 Å². The van der Waals surface area contributed by atoms with Crippen LogP contribution in [-0.4, -0.2) is 7.42 Å². The van der Waals surface area contributed by atoms with Crippen molar-refractivity contribution in [3.05, 3.63) is 152 Å². The second-order valence-corrected chi connectivity index (χ2v) is 17.4. The molecule has 2 aliphatic rings. The quantitative estimate of drug-likeness (QED) is 0.156. The number of hydrogen-bond donors (Lipinski definition) is 0. The molecule has 0 spiro atoms. The molecule has 5 heteroatoms. The molecule has 0 saturated heterocycles. The Kier molecular flexibility index (Phi) is 16.2. The van der Waals surface area contributed by atoms with Gasteiger partial charge in [-0.2, -0.15) is 35.4 Å². The van der Waals surface area contributed by atoms with E-state index in [2.05, 4.69) is 143 Å². The summed E-state index contributed by atoms with van der Waals surface area (Å²) >= 11 is 11.0. The molecule has 0 bridgehead atoms. The Morgan fingerprint density at radius 1 is 0.708 bits per heavy atom. The van der Waals surface area contributed by atoms with Crippen LogP contribution in [0.3, 0.4) is 0 Å². The molecule has 0 aliphatic heterocycles. The average Bonchev–Trinajstić information content (AvgIpc) is 3.51. The fourth-order valence-electron chi connectivity index (χ4n) is 5.33. The molecule has 0 radical (unpaired) electrons. The van der Waals surface area contributed by atoms with Crippen LogP contribution < -0.4 is 0 Å². The number of fused-ring (bicyclic) bond motifs is 3. The molecule has 0 heterocycles. The predicted molar refractivity (Wildman–Crippen MR) is 214 cm³/mol. The predicted octanol–water partition coefficient (Wildman–Crippen LogP) is 12.9. The summed E-state index contributed by atoms with van der Waals surface area (Å²) in [6, 6.07) is 31.0. The maximum absolute atomic E-state index is 5.84. The van der Waals surface area contributed by atoms with Gasteiger partial charge in [-0.05, 0) is 17.4 Å². The van der Waals surface area contributed by atoms with E-state index in [1.54, 1.807) is 0 Å². The average molecular weight is 798 g/mol. The standard InChI is InChI=1S/C21H25.C8H11.2C7H5Cl.2ClH.Zr/c1-20(2,3)16-9-7-14-11-15-8-10-17(21(4,5)6)13-19(15)18(14)12-16;1-6-4-7(2)8(3)5-6;2*1-6-2-4-7(8)5-3-6;;;/h7,9-10,12-13H,11H2,1-6H3;4,6H,1-3H3;2*1-5H;2*1H;/q2*-1;;;;;. The second kappa shape index (κ2) is 18.4. The molecular weight excluding hydrogens is 750 g/mol. The van der Waals surface area contributed by atoms with Gasteiger partial charge in [0.2, 0.25) is 0 Å². The van der Waals surface area contributed by atoms with E-state index in [-0.39, 0.29) is 35.6 Å². The summed E-state index contributed by atoms with van der Waals surface area (Å²) in [6.07, 6.45) is 6.55. The Labute approximate surface area is 323 Å². The molecule has 254 valence electrons. The fraction of sp³-hybridized carbons (Fsp3) is 0.302. The van der Waals surface area contributed by atoms with Gasteiger partial charge in [0.05, 0.1) is 0 Å². The van der Waals surface area contributed by atoms with Gasteiger partial charge in [-0.25, -0.2) is 11.1 Å². The van der Waals surface area contributed by atoms with Gasteiger partial charge in [-0.3, -0.25) is 6.08 Å². The van der Waals surface area contributed by atoms with Crippen molar-refractivity contribution in [2.75, 3.05) is 0 Å². The van der Waals surface area contributed by atoms with Gasteiger partial charge in [0, 0.05) is 0 Å². The Morgan fingerprint density at radius 3 is 1.62 bits per heavy atom. The molecule has 1 atom stereocenters. The van der Waals surface area contributed by atoms with Gasteiger partial charge in [0.15, 0.2) is 0 Å². The van der Waals surface area contributed by atoms with Crippen molar-refractivity contribution in [2.45, 2.75) is 79.6 Å². The number of halogens is 4. The summed E-state index contributed by atoms with van der Waals surface area (Å²) < 4.78 is 4.66. The summed E-state index contributed by atoms with van der Waals surface area (Å²) in [5.74, 6) is 0.551. The topological polar surface area (TPSA) is 0 Å². The van der Waals surface area contributed by atoms with E-state index >= 15 is 0 Å². The van der Waals surface area contributed by atoms with E-state index in [1.165, 1.54) is 55.7 Å². The third-order valence-electron chi connectivity index (χ3n) is 8.30. The maximum atomic E-state index is 5.84. The monoisotopic (exact) mass is 794 g/mol. The van der Waals surface area contributed by atoms with Crippen molar-refractivity contribution >= 4 is 55.4 Å². The Hall–Kier alpha value is -1.86. The molecule has 2 aliphatic carbocycles. The summed E-state index contributed by atoms with van der Waals surface area (Å²) in [7, 11) is 0. The van der Waals surface area contributed by atoms with Crippen LogP contribution in [0.1, 0.15) is 95.7 Å². The molecule has 0 fully saturated rings. The Morgan fingerprint density at radius 2 is 1.21 bits per heavy atom. The van der Waals surface area contributed by atoms with Crippen LogP contribution in [0.15, 0.2) is 96.1 Å². The molecule has 4 aromatic carbocycles. The van der Waals surface area contributed by atoms with Crippen molar-refractivity contribution in [1.29, 1.82) is 0 Å². The van der Waals surface area contributed by atoms with Crippen LogP contribution in [0.4, 0.5) is 0 Å². The van der Waals surface area contributed by atoms with Crippen molar-refractivity contribution < 1.29 is 22.3 Å². The summed E-state index contributed by atoms with van der Waals surface area (Å²) in [5.41, 5.74) is 14.0. The molecule has 0 N–H and O–H groups in total. The van der Waals surface area contributed by atoms with Crippen LogP contribution in [0, 0.1) is 18.1 Å². The Bertz CT molecular complexity index is 1660. The van der Waals surface area contributed by atoms with Gasteiger partial charge in [-0.15, -0.1) is 37.3 Å². The van der Waals surface area contributed by atoms with Crippen molar-refractivity contribution in [3.8, 4) is 11.1 Å². The first-order valence-corrected chi connectivity index (χ1v) is 19.6. The SMILES string of the molecule is CC(C)(C)c1c[c-]c2c(c1)-c1cc(C(C)(C)C)ccc1C2.CC1=[C-]C(C)C=C1C.Cl.Cl.Clc1ccc([CH]=[Zr]=[CH]c2ccc(Cl)cc2)cc1. The van der Waals surface area contributed by atoms with E-state index in [1.807, 2.05) is 24.3 Å². The van der Waals surface area contributed by atoms with Crippen LogP contribution in [-0.2, 0) is 39.5 Å². The van der Waals surface area contributed by atoms with E-state index < -0.39 is 22.3 Å². The molecule has 48 heavy (non-hydrogen) atoms. The first kappa shape index (κ1) is 42.3. The summed E-state index contributed by atoms with van der Waals surface area (Å²) in [5, 5.41) is 1.57. The second-order valence-electron chi connectivity index (χ2n) is 14.3. The van der Waals surface area contributed by atoms with Crippen molar-refractivity contribution in [1.82, 2.24) is 0 Å². The normalized spacial score (nSPS) is 14.1. The van der Waals surface area contributed by atoms with E-state index in [9.17, 15) is 0 Å². The zero-order chi connectivity index (χ0) is 33.6. The number of benzene rings is 4. The van der Waals surface area contributed by atoms with Crippen LogP contribution in [0.25, 0.3) is 11.1 Å². The van der Waals surface area contributed by atoms with Gasteiger partial charge in [0.1, 0.15) is 0 Å². The van der Waals surface area contributed by atoms with Gasteiger partial charge < -0.3 is 0 Å². The third kappa shape index (κ3) is 12.2. The summed E-state index contributed by atoms with van der Waals surface area (Å²) in [4.78, 5) is 0. The molecule has 0 saturated carbocycles. The van der Waals surface area contributed by atoms with Crippen LogP contribution in [0.2, 0.25) is 10.0 Å². The van der Waals surface area contributed by atoms with Gasteiger partial charge in [0.25, 0.3) is 0 Å². The minimum absolute atomic E-state index is 0. The summed E-state index contributed by atoms with van der Waals surface area (Å²) in [6.45, 7) is 20.0. The van der Waals surface area contributed by atoms with Gasteiger partial charge in [-0.1, -0.05) is 96.0 Å².